The van der Waals surface area contributed by atoms with Gasteiger partial charge in [-0.25, -0.2) is 0 Å². The van der Waals surface area contributed by atoms with E-state index in [0.29, 0.717) is 18.4 Å². The topological polar surface area (TPSA) is 63.9 Å². The van der Waals surface area contributed by atoms with Crippen LogP contribution in [-0.4, -0.2) is 45.5 Å². The molecule has 4 rings (SSSR count). The minimum atomic E-state index is -0.600. The van der Waals surface area contributed by atoms with E-state index < -0.39 is 11.7 Å². The smallest absolute Gasteiger partial charge is 0.115 e. The van der Waals surface area contributed by atoms with Crippen molar-refractivity contribution in [2.45, 2.75) is 44.8 Å². The molecule has 2 fully saturated rings. The minimum absolute atomic E-state index is 0.217. The van der Waals surface area contributed by atoms with Crippen LogP contribution >= 0.6 is 0 Å². The lowest BCUT2D eigenvalue weighted by molar-refractivity contribution is 0.0328. The number of rotatable bonds is 5. The molecule has 1 saturated carbocycles. The highest BCUT2D eigenvalue weighted by Crippen LogP contribution is 2.45. The first-order chi connectivity index (χ1) is 13.3. The summed E-state index contributed by atoms with van der Waals surface area (Å²) in [4.78, 5) is 2.32. The van der Waals surface area contributed by atoms with Crippen molar-refractivity contribution >= 4 is 0 Å². The molecule has 2 aliphatic rings. The SMILES string of the molecule is Cc1cc(C)cc(C[C@]2(O)C[C@H]3CN(CC(O)c4ccc(O)cc4)C[C@H]3C2)c1. The summed E-state index contributed by atoms with van der Waals surface area (Å²) in [5.74, 6) is 1.22. The summed E-state index contributed by atoms with van der Waals surface area (Å²) >= 11 is 0. The molecule has 1 heterocycles. The molecule has 4 nitrogen and oxygen atoms in total. The second kappa shape index (κ2) is 7.51. The van der Waals surface area contributed by atoms with Gasteiger partial charge >= 0.3 is 0 Å². The first kappa shape index (κ1) is 19.4. The highest BCUT2D eigenvalue weighted by atomic mass is 16.3. The highest BCUT2D eigenvalue weighted by molar-refractivity contribution is 5.30. The van der Waals surface area contributed by atoms with Crippen LogP contribution in [0.4, 0.5) is 0 Å². The molecule has 2 aromatic rings. The Bertz CT molecular complexity index is 798. The van der Waals surface area contributed by atoms with Crippen molar-refractivity contribution in [3.63, 3.8) is 0 Å². The molecule has 0 bridgehead atoms. The maximum atomic E-state index is 11.2. The number of aromatic hydroxyl groups is 1. The van der Waals surface area contributed by atoms with Gasteiger partial charge in [0, 0.05) is 26.1 Å². The minimum Gasteiger partial charge on any atom is -0.508 e. The van der Waals surface area contributed by atoms with Crippen LogP contribution in [0.5, 0.6) is 5.75 Å². The lowest BCUT2D eigenvalue weighted by Gasteiger charge is -2.27. The molecule has 1 saturated heterocycles. The number of hydrogen-bond donors (Lipinski definition) is 3. The van der Waals surface area contributed by atoms with E-state index in [1.165, 1.54) is 16.7 Å². The molecule has 0 spiro atoms. The Morgan fingerprint density at radius 3 is 2.14 bits per heavy atom. The van der Waals surface area contributed by atoms with E-state index in [4.69, 9.17) is 0 Å². The van der Waals surface area contributed by atoms with Crippen LogP contribution in [-0.2, 0) is 6.42 Å². The fourth-order valence-corrected chi connectivity index (χ4v) is 5.45. The zero-order chi connectivity index (χ0) is 19.9. The maximum Gasteiger partial charge on any atom is 0.115 e. The summed E-state index contributed by atoms with van der Waals surface area (Å²) in [7, 11) is 0. The van der Waals surface area contributed by atoms with Gasteiger partial charge in [-0.05, 0) is 61.8 Å². The Morgan fingerprint density at radius 1 is 1.00 bits per heavy atom. The summed E-state index contributed by atoms with van der Waals surface area (Å²) in [5, 5.41) is 31.1. The molecule has 1 aliphatic carbocycles. The van der Waals surface area contributed by atoms with Crippen LogP contribution in [0.25, 0.3) is 0 Å². The highest BCUT2D eigenvalue weighted by Gasteiger charge is 2.48. The summed E-state index contributed by atoms with van der Waals surface area (Å²) in [5.41, 5.74) is 3.98. The van der Waals surface area contributed by atoms with Gasteiger partial charge < -0.3 is 15.3 Å². The quantitative estimate of drug-likeness (QED) is 0.743. The number of nitrogens with zero attached hydrogens (tertiary/aromatic N) is 1. The van der Waals surface area contributed by atoms with E-state index >= 15 is 0 Å². The molecule has 0 aromatic heterocycles. The van der Waals surface area contributed by atoms with Crippen molar-refractivity contribution in [2.24, 2.45) is 11.8 Å². The number of aliphatic hydroxyl groups excluding tert-OH is 1. The number of fused-ring (bicyclic) bond motifs is 1. The molecular weight excluding hydrogens is 350 g/mol. The van der Waals surface area contributed by atoms with Gasteiger partial charge in [-0.2, -0.15) is 0 Å². The molecule has 4 heteroatoms. The van der Waals surface area contributed by atoms with Gasteiger partial charge in [0.1, 0.15) is 5.75 Å². The van der Waals surface area contributed by atoms with E-state index in [-0.39, 0.29) is 5.75 Å². The molecule has 150 valence electrons. The van der Waals surface area contributed by atoms with Gasteiger partial charge in [-0.3, -0.25) is 4.90 Å². The van der Waals surface area contributed by atoms with Gasteiger partial charge in [0.15, 0.2) is 0 Å². The van der Waals surface area contributed by atoms with Crippen LogP contribution in [0.15, 0.2) is 42.5 Å². The van der Waals surface area contributed by atoms with Gasteiger partial charge in [-0.15, -0.1) is 0 Å². The molecule has 1 aliphatic heterocycles. The number of phenols is 1. The average Bonchev–Trinajstić information content (AvgIpc) is 3.08. The number of likely N-dealkylation sites (tertiary alicyclic amines) is 1. The second-order valence-electron chi connectivity index (χ2n) is 9.15. The summed E-state index contributed by atoms with van der Waals surface area (Å²) < 4.78 is 0. The third-order valence-electron chi connectivity index (χ3n) is 6.46. The monoisotopic (exact) mass is 381 g/mol. The van der Waals surface area contributed by atoms with E-state index in [1.807, 2.05) is 0 Å². The summed E-state index contributed by atoms with van der Waals surface area (Å²) in [6.07, 6.45) is 1.87. The van der Waals surface area contributed by atoms with Crippen molar-refractivity contribution < 1.29 is 15.3 Å². The normalized spacial score (nSPS) is 28.4. The predicted molar refractivity (Wildman–Crippen MR) is 110 cm³/mol. The molecular formula is C24H31NO3. The third kappa shape index (κ3) is 4.24. The predicted octanol–water partition coefficient (Wildman–Crippen LogP) is 3.36. The van der Waals surface area contributed by atoms with Gasteiger partial charge in [-0.1, -0.05) is 41.5 Å². The number of aryl methyl sites for hydroxylation is 2. The molecule has 1 unspecified atom stereocenters. The van der Waals surface area contributed by atoms with Gasteiger partial charge in [0.2, 0.25) is 0 Å². The molecule has 2 aromatic carbocycles. The average molecular weight is 382 g/mol. The van der Waals surface area contributed by atoms with Crippen LogP contribution in [0.2, 0.25) is 0 Å². The first-order valence-corrected chi connectivity index (χ1v) is 10.3. The maximum absolute atomic E-state index is 11.2. The van der Waals surface area contributed by atoms with Crippen molar-refractivity contribution in [2.75, 3.05) is 19.6 Å². The largest absolute Gasteiger partial charge is 0.508 e. The number of hydrogen-bond acceptors (Lipinski definition) is 4. The Labute approximate surface area is 167 Å². The van der Waals surface area contributed by atoms with Crippen molar-refractivity contribution in [3.05, 3.63) is 64.7 Å². The summed E-state index contributed by atoms with van der Waals surface area (Å²) in [6, 6.07) is 13.3. The molecule has 28 heavy (non-hydrogen) atoms. The standard InChI is InChI=1S/C24H31NO3/c1-16-7-17(2)9-18(8-16)10-24(28)11-20-13-25(14-21(20)12-24)15-23(27)19-3-5-22(26)6-4-19/h3-9,20-21,23,26-28H,10-15H2,1-2H3/t20-,21+,23?,24-. The van der Waals surface area contributed by atoms with Crippen molar-refractivity contribution in [3.8, 4) is 5.75 Å². The van der Waals surface area contributed by atoms with Crippen molar-refractivity contribution in [1.82, 2.24) is 4.90 Å². The number of phenolic OH excluding ortho intramolecular Hbond substituents is 1. The first-order valence-electron chi connectivity index (χ1n) is 10.3. The van der Waals surface area contributed by atoms with Crippen LogP contribution in [0.3, 0.4) is 0 Å². The number of aliphatic hydroxyl groups is 2. The molecule has 0 radical (unpaired) electrons. The van der Waals surface area contributed by atoms with Crippen LogP contribution in [0, 0.1) is 25.7 Å². The lowest BCUT2D eigenvalue weighted by Crippen LogP contribution is -2.33. The summed E-state index contributed by atoms with van der Waals surface area (Å²) in [6.45, 7) is 6.71. The van der Waals surface area contributed by atoms with Crippen LogP contribution < -0.4 is 0 Å². The van der Waals surface area contributed by atoms with E-state index in [0.717, 1.165) is 37.9 Å². The molecule has 3 N–H and O–H groups in total. The fraction of sp³-hybridized carbons (Fsp3) is 0.500. The Hall–Kier alpha value is -1.88. The van der Waals surface area contributed by atoms with E-state index in [9.17, 15) is 15.3 Å². The lowest BCUT2D eigenvalue weighted by atomic mass is 9.90. The van der Waals surface area contributed by atoms with E-state index in [2.05, 4.69) is 36.9 Å². The number of benzene rings is 2. The Kier molecular flexibility index (Phi) is 5.21. The van der Waals surface area contributed by atoms with Gasteiger partial charge in [0.25, 0.3) is 0 Å². The Balaban J connectivity index is 1.34. The zero-order valence-electron chi connectivity index (χ0n) is 16.8. The van der Waals surface area contributed by atoms with Crippen LogP contribution in [0.1, 0.15) is 41.2 Å². The fourth-order valence-electron chi connectivity index (χ4n) is 5.45. The number of β-amino-alcohol motifs (C(OH)–C–C–N with tert-alkyl or cyclic N) is 1. The molecule has 0 amide bonds. The zero-order valence-corrected chi connectivity index (χ0v) is 16.8. The second-order valence-corrected chi connectivity index (χ2v) is 9.15. The van der Waals surface area contributed by atoms with Gasteiger partial charge in [0.05, 0.1) is 11.7 Å². The Morgan fingerprint density at radius 2 is 1.57 bits per heavy atom. The van der Waals surface area contributed by atoms with Crippen molar-refractivity contribution in [1.29, 1.82) is 0 Å². The third-order valence-corrected chi connectivity index (χ3v) is 6.46. The molecule has 4 atom stereocenters. The van der Waals surface area contributed by atoms with E-state index in [1.54, 1.807) is 24.3 Å².